The second kappa shape index (κ2) is 8.74. The van der Waals surface area contributed by atoms with E-state index in [4.69, 9.17) is 0 Å². The zero-order valence-corrected chi connectivity index (χ0v) is 15.0. The van der Waals surface area contributed by atoms with Crippen LogP contribution in [-0.4, -0.2) is 41.2 Å². The van der Waals surface area contributed by atoms with Crippen molar-refractivity contribution in [1.82, 2.24) is 15.2 Å². The molecule has 2 heterocycles. The normalized spacial score (nSPS) is 16.8. The van der Waals surface area contributed by atoms with Crippen LogP contribution in [-0.2, 0) is 0 Å². The number of pyridine rings is 1. The Kier molecular flexibility index (Phi) is 6.67. The zero-order chi connectivity index (χ0) is 16.9. The number of Topliss-reactive ketones (excluding diaryl/α,β-unsaturated/α-hetero) is 1. The van der Waals surface area contributed by atoms with Crippen LogP contribution < -0.4 is 5.32 Å². The molecular weight excluding hydrogens is 338 g/mol. The number of nitrogens with one attached hydrogen (secondary N) is 1. The highest BCUT2D eigenvalue weighted by Crippen LogP contribution is 2.23. The van der Waals surface area contributed by atoms with Gasteiger partial charge in [-0.25, -0.2) is 0 Å². The maximum atomic E-state index is 12.9. The average Bonchev–Trinajstić information content (AvgIpc) is 2.67. The highest BCUT2D eigenvalue weighted by Gasteiger charge is 2.28. The molecule has 0 spiro atoms. The molecule has 1 atom stereocenters. The lowest BCUT2D eigenvalue weighted by molar-refractivity contribution is 0.0633. The van der Waals surface area contributed by atoms with Gasteiger partial charge in [-0.1, -0.05) is 25.1 Å². The largest absolute Gasteiger partial charge is 0.329 e. The minimum atomic E-state index is -0.0306. The topological polar surface area (TPSA) is 62.3 Å². The number of nitrogens with zero attached hydrogens (tertiary/aromatic N) is 2. The van der Waals surface area contributed by atoms with E-state index in [1.165, 1.54) is 0 Å². The van der Waals surface area contributed by atoms with E-state index >= 15 is 0 Å². The molecule has 1 aromatic heterocycles. The number of hydrogen-bond acceptors (Lipinski definition) is 4. The van der Waals surface area contributed by atoms with Gasteiger partial charge in [-0.15, -0.1) is 12.4 Å². The first-order chi connectivity index (χ1) is 11.7. The van der Waals surface area contributed by atoms with E-state index in [0.29, 0.717) is 30.6 Å². The van der Waals surface area contributed by atoms with Crippen molar-refractivity contribution in [3.8, 4) is 0 Å². The third-order valence-corrected chi connectivity index (χ3v) is 4.35. The molecule has 1 aliphatic rings. The van der Waals surface area contributed by atoms with E-state index in [1.54, 1.807) is 36.7 Å². The monoisotopic (exact) mass is 359 g/mol. The van der Waals surface area contributed by atoms with Crippen molar-refractivity contribution < 1.29 is 9.59 Å². The Bertz CT molecular complexity index is 719. The van der Waals surface area contributed by atoms with E-state index in [1.807, 2.05) is 24.0 Å². The molecule has 25 heavy (non-hydrogen) atoms. The van der Waals surface area contributed by atoms with Gasteiger partial charge in [0, 0.05) is 49.6 Å². The summed E-state index contributed by atoms with van der Waals surface area (Å²) in [7, 11) is 0. The van der Waals surface area contributed by atoms with Gasteiger partial charge in [0.15, 0.2) is 5.78 Å². The van der Waals surface area contributed by atoms with Crippen LogP contribution in [0.3, 0.4) is 0 Å². The van der Waals surface area contributed by atoms with Crippen molar-refractivity contribution >= 4 is 24.1 Å². The predicted molar refractivity (Wildman–Crippen MR) is 99.2 cm³/mol. The average molecular weight is 360 g/mol. The Labute approximate surface area is 153 Å². The van der Waals surface area contributed by atoms with Crippen LogP contribution in [0.15, 0.2) is 48.8 Å². The number of rotatable bonds is 4. The number of piperazine rings is 1. The van der Waals surface area contributed by atoms with Crippen LogP contribution in [0, 0.1) is 0 Å². The number of amides is 1. The van der Waals surface area contributed by atoms with Crippen LogP contribution in [0.4, 0.5) is 0 Å². The van der Waals surface area contributed by atoms with Crippen LogP contribution in [0.5, 0.6) is 0 Å². The fourth-order valence-electron chi connectivity index (χ4n) is 2.99. The molecule has 0 radical (unpaired) electrons. The van der Waals surface area contributed by atoms with Gasteiger partial charge in [-0.2, -0.15) is 0 Å². The first-order valence-electron chi connectivity index (χ1n) is 8.25. The Morgan fingerprint density at radius 2 is 1.92 bits per heavy atom. The van der Waals surface area contributed by atoms with Gasteiger partial charge in [0.1, 0.15) is 0 Å². The van der Waals surface area contributed by atoms with E-state index in [0.717, 1.165) is 12.1 Å². The molecule has 0 saturated carbocycles. The van der Waals surface area contributed by atoms with Crippen molar-refractivity contribution in [2.75, 3.05) is 19.6 Å². The highest BCUT2D eigenvalue weighted by atomic mass is 35.5. The molecule has 2 aromatic rings. The second-order valence-electron chi connectivity index (χ2n) is 5.86. The van der Waals surface area contributed by atoms with Gasteiger partial charge in [-0.3, -0.25) is 14.6 Å². The van der Waals surface area contributed by atoms with Crippen molar-refractivity contribution in [3.05, 3.63) is 65.5 Å². The van der Waals surface area contributed by atoms with E-state index in [2.05, 4.69) is 10.3 Å². The molecular formula is C19H22ClN3O2. The molecule has 1 amide bonds. The fraction of sp³-hybridized carbons (Fsp3) is 0.316. The van der Waals surface area contributed by atoms with Gasteiger partial charge in [0.2, 0.25) is 0 Å². The zero-order valence-electron chi connectivity index (χ0n) is 14.1. The predicted octanol–water partition coefficient (Wildman–Crippen LogP) is 2.88. The van der Waals surface area contributed by atoms with E-state index in [9.17, 15) is 9.59 Å². The Morgan fingerprint density at radius 1 is 1.20 bits per heavy atom. The molecule has 1 aromatic carbocycles. The number of aromatic nitrogens is 1. The maximum Gasteiger partial charge on any atom is 0.254 e. The first-order valence-corrected chi connectivity index (χ1v) is 8.25. The second-order valence-corrected chi connectivity index (χ2v) is 5.86. The standard InChI is InChI=1S/C19H21N3O2.ClH/c1-2-18(23)14-5-7-15(8-6-14)19(24)22-11-10-21-13-17(22)16-4-3-9-20-12-16;/h3-9,12,17,21H,2,10-11,13H2,1H3;1H. The molecule has 6 heteroatoms. The van der Waals surface area contributed by atoms with Gasteiger partial charge < -0.3 is 10.2 Å². The van der Waals surface area contributed by atoms with Gasteiger partial charge >= 0.3 is 0 Å². The number of ketones is 1. The number of hydrogen-bond donors (Lipinski definition) is 1. The molecule has 1 aliphatic heterocycles. The van der Waals surface area contributed by atoms with Crippen molar-refractivity contribution in [2.24, 2.45) is 0 Å². The summed E-state index contributed by atoms with van der Waals surface area (Å²) in [6.07, 6.45) is 4.00. The summed E-state index contributed by atoms with van der Waals surface area (Å²) in [6.45, 7) is 3.97. The highest BCUT2D eigenvalue weighted by molar-refractivity contribution is 5.98. The summed E-state index contributed by atoms with van der Waals surface area (Å²) in [4.78, 5) is 30.7. The van der Waals surface area contributed by atoms with Crippen molar-refractivity contribution in [3.63, 3.8) is 0 Å². The molecule has 1 unspecified atom stereocenters. The maximum absolute atomic E-state index is 12.9. The molecule has 132 valence electrons. The fourth-order valence-corrected chi connectivity index (χ4v) is 2.99. The summed E-state index contributed by atoms with van der Waals surface area (Å²) >= 11 is 0. The number of halogens is 1. The lowest BCUT2D eigenvalue weighted by Gasteiger charge is -2.36. The third-order valence-electron chi connectivity index (χ3n) is 4.35. The smallest absolute Gasteiger partial charge is 0.254 e. The van der Waals surface area contributed by atoms with E-state index < -0.39 is 0 Å². The Morgan fingerprint density at radius 3 is 2.56 bits per heavy atom. The first kappa shape index (κ1) is 19.1. The SMILES string of the molecule is CCC(=O)c1ccc(C(=O)N2CCNCC2c2cccnc2)cc1.Cl. The number of benzene rings is 1. The van der Waals surface area contributed by atoms with Crippen LogP contribution >= 0.6 is 12.4 Å². The van der Waals surface area contributed by atoms with Gasteiger partial charge in [0.25, 0.3) is 5.91 Å². The third kappa shape index (κ3) is 4.24. The number of carbonyl (C=O) groups excluding carboxylic acids is 2. The van der Waals surface area contributed by atoms with Crippen LogP contribution in [0.1, 0.15) is 45.7 Å². The van der Waals surface area contributed by atoms with Gasteiger partial charge in [0.05, 0.1) is 6.04 Å². The summed E-state index contributed by atoms with van der Waals surface area (Å²) in [6, 6.07) is 10.8. The molecule has 3 rings (SSSR count). The number of carbonyl (C=O) groups is 2. The summed E-state index contributed by atoms with van der Waals surface area (Å²) in [5.41, 5.74) is 2.28. The van der Waals surface area contributed by atoms with Crippen LogP contribution in [0.25, 0.3) is 0 Å². The molecule has 1 saturated heterocycles. The van der Waals surface area contributed by atoms with Crippen molar-refractivity contribution in [2.45, 2.75) is 19.4 Å². The van der Waals surface area contributed by atoms with Gasteiger partial charge in [-0.05, 0) is 23.8 Å². The van der Waals surface area contributed by atoms with E-state index in [-0.39, 0.29) is 30.1 Å². The minimum Gasteiger partial charge on any atom is -0.329 e. The lowest BCUT2D eigenvalue weighted by atomic mass is 10.0. The molecule has 1 N–H and O–H groups in total. The quantitative estimate of drug-likeness (QED) is 0.853. The molecule has 1 fully saturated rings. The van der Waals surface area contributed by atoms with Crippen LogP contribution in [0.2, 0.25) is 0 Å². The lowest BCUT2D eigenvalue weighted by Crippen LogP contribution is -2.48. The molecule has 5 nitrogen and oxygen atoms in total. The summed E-state index contributed by atoms with van der Waals surface area (Å²) in [5, 5.41) is 3.33. The van der Waals surface area contributed by atoms with Crippen molar-refractivity contribution in [1.29, 1.82) is 0 Å². The minimum absolute atomic E-state index is 0. The summed E-state index contributed by atoms with van der Waals surface area (Å²) < 4.78 is 0. The molecule has 0 aliphatic carbocycles. The summed E-state index contributed by atoms with van der Waals surface area (Å²) in [5.74, 6) is 0.0743. The molecule has 0 bridgehead atoms. The Balaban J connectivity index is 0.00000225. The Hall–Kier alpha value is -2.24.